The molecule has 1 heterocycles. The summed E-state index contributed by atoms with van der Waals surface area (Å²) in [6, 6.07) is 0. The zero-order valence-electron chi connectivity index (χ0n) is 5.87. The molecule has 1 unspecified atom stereocenters. The number of fused-ring (bicyclic) bond motifs is 1. The van der Waals surface area contributed by atoms with Crippen LogP contribution in [0.3, 0.4) is 0 Å². The predicted molar refractivity (Wildman–Crippen MR) is 32.8 cm³/mol. The van der Waals surface area contributed by atoms with Crippen molar-refractivity contribution >= 4 is 17.3 Å². The second-order valence-electron chi connectivity index (χ2n) is 2.83. The number of rotatable bonds is 0. The third kappa shape index (κ3) is 0.699. The number of epoxide rings is 1. The van der Waals surface area contributed by atoms with Gasteiger partial charge in [-0.15, -0.1) is 0 Å². The molecule has 0 amide bonds. The van der Waals surface area contributed by atoms with Crippen molar-refractivity contribution in [3.8, 4) is 0 Å². The summed E-state index contributed by atoms with van der Waals surface area (Å²) in [4.78, 5) is 32.8. The van der Waals surface area contributed by atoms with Crippen molar-refractivity contribution < 1.29 is 19.1 Å². The SMILES string of the molecule is CC1C(=O)C(=O)[C@@H]2O[C@@H]2C1=O. The highest BCUT2D eigenvalue weighted by atomic mass is 16.6. The van der Waals surface area contributed by atoms with Crippen LogP contribution >= 0.6 is 0 Å². The van der Waals surface area contributed by atoms with E-state index in [4.69, 9.17) is 4.74 Å². The molecule has 0 aromatic carbocycles. The van der Waals surface area contributed by atoms with Gasteiger partial charge in [-0.1, -0.05) is 0 Å². The molecular formula is C7H6O4. The molecule has 0 aromatic heterocycles. The van der Waals surface area contributed by atoms with Crippen LogP contribution in [0.1, 0.15) is 6.92 Å². The smallest absolute Gasteiger partial charge is 0.230 e. The number of ketones is 3. The largest absolute Gasteiger partial charge is 0.352 e. The molecule has 1 aliphatic carbocycles. The molecule has 3 atom stereocenters. The Kier molecular flexibility index (Phi) is 1.07. The monoisotopic (exact) mass is 154 g/mol. The number of ether oxygens (including phenoxy) is 1. The van der Waals surface area contributed by atoms with E-state index < -0.39 is 29.7 Å². The van der Waals surface area contributed by atoms with Crippen molar-refractivity contribution in [2.45, 2.75) is 19.1 Å². The van der Waals surface area contributed by atoms with Crippen LogP contribution in [0.5, 0.6) is 0 Å². The lowest BCUT2D eigenvalue weighted by atomic mass is 9.87. The Morgan fingerprint density at radius 1 is 1.09 bits per heavy atom. The van der Waals surface area contributed by atoms with Crippen LogP contribution in [0.2, 0.25) is 0 Å². The van der Waals surface area contributed by atoms with Gasteiger partial charge in [0, 0.05) is 0 Å². The van der Waals surface area contributed by atoms with Gasteiger partial charge in [-0.25, -0.2) is 0 Å². The van der Waals surface area contributed by atoms with E-state index in [0.717, 1.165) is 0 Å². The molecular weight excluding hydrogens is 148 g/mol. The first kappa shape index (κ1) is 6.67. The first-order valence-corrected chi connectivity index (χ1v) is 3.40. The van der Waals surface area contributed by atoms with E-state index in [9.17, 15) is 14.4 Å². The van der Waals surface area contributed by atoms with E-state index in [-0.39, 0.29) is 5.78 Å². The third-order valence-electron chi connectivity index (χ3n) is 2.09. The first-order chi connectivity index (χ1) is 5.13. The molecule has 4 nitrogen and oxygen atoms in total. The van der Waals surface area contributed by atoms with Gasteiger partial charge in [0.1, 0.15) is 0 Å². The minimum absolute atomic E-state index is 0.250. The molecule has 0 N–H and O–H groups in total. The van der Waals surface area contributed by atoms with E-state index >= 15 is 0 Å². The summed E-state index contributed by atoms with van der Waals surface area (Å²) in [5, 5.41) is 0. The minimum atomic E-state index is -0.786. The average Bonchev–Trinajstić information content (AvgIpc) is 2.76. The molecule has 1 saturated carbocycles. The fraction of sp³-hybridized carbons (Fsp3) is 0.571. The van der Waals surface area contributed by atoms with Gasteiger partial charge in [0.25, 0.3) is 0 Å². The molecule has 4 heteroatoms. The minimum Gasteiger partial charge on any atom is -0.352 e. The third-order valence-corrected chi connectivity index (χ3v) is 2.09. The van der Waals surface area contributed by atoms with Gasteiger partial charge in [0.15, 0.2) is 18.0 Å². The number of hydrogen-bond donors (Lipinski definition) is 0. The normalized spacial score (nSPS) is 42.3. The maximum Gasteiger partial charge on any atom is 0.230 e. The summed E-state index contributed by atoms with van der Waals surface area (Å²) in [6.07, 6.45) is -1.33. The molecule has 2 rings (SSSR count). The second-order valence-corrected chi connectivity index (χ2v) is 2.83. The zero-order valence-corrected chi connectivity index (χ0v) is 5.87. The molecule has 1 aliphatic heterocycles. The van der Waals surface area contributed by atoms with Gasteiger partial charge in [-0.3, -0.25) is 14.4 Å². The maximum absolute atomic E-state index is 11.0. The Hall–Kier alpha value is -1.03. The summed E-state index contributed by atoms with van der Waals surface area (Å²) in [7, 11) is 0. The van der Waals surface area contributed by atoms with Crippen molar-refractivity contribution in [3.63, 3.8) is 0 Å². The summed E-state index contributed by atoms with van der Waals surface area (Å²) < 4.78 is 4.72. The molecule has 0 spiro atoms. The van der Waals surface area contributed by atoms with E-state index in [2.05, 4.69) is 0 Å². The van der Waals surface area contributed by atoms with Crippen molar-refractivity contribution in [1.29, 1.82) is 0 Å². The molecule has 2 fully saturated rings. The van der Waals surface area contributed by atoms with Gasteiger partial charge < -0.3 is 4.74 Å². The number of Topliss-reactive ketones (excluding diaryl/α,β-unsaturated/α-hetero) is 3. The summed E-state index contributed by atoms with van der Waals surface area (Å²) in [5.41, 5.74) is 0. The topological polar surface area (TPSA) is 63.7 Å². The lowest BCUT2D eigenvalue weighted by Crippen LogP contribution is -2.39. The second kappa shape index (κ2) is 1.76. The molecule has 0 bridgehead atoms. The van der Waals surface area contributed by atoms with Crippen molar-refractivity contribution in [2.75, 3.05) is 0 Å². The average molecular weight is 154 g/mol. The number of carbonyl (C=O) groups excluding carboxylic acids is 3. The van der Waals surface area contributed by atoms with Crippen molar-refractivity contribution in [1.82, 2.24) is 0 Å². The van der Waals surface area contributed by atoms with Gasteiger partial charge >= 0.3 is 0 Å². The highest BCUT2D eigenvalue weighted by molar-refractivity contribution is 6.47. The van der Waals surface area contributed by atoms with Gasteiger partial charge in [0.05, 0.1) is 5.92 Å². The van der Waals surface area contributed by atoms with Crippen LogP contribution < -0.4 is 0 Å². The Morgan fingerprint density at radius 2 is 1.73 bits per heavy atom. The maximum atomic E-state index is 11.0. The van der Waals surface area contributed by atoms with Crippen LogP contribution in [-0.4, -0.2) is 29.6 Å². The first-order valence-electron chi connectivity index (χ1n) is 3.40. The lowest BCUT2D eigenvalue weighted by molar-refractivity contribution is -0.143. The zero-order chi connectivity index (χ0) is 8.17. The van der Waals surface area contributed by atoms with Crippen LogP contribution in [0.15, 0.2) is 0 Å². The van der Waals surface area contributed by atoms with Crippen LogP contribution in [-0.2, 0) is 19.1 Å². The summed E-state index contributed by atoms with van der Waals surface area (Å²) >= 11 is 0. The van der Waals surface area contributed by atoms with Gasteiger partial charge in [-0.05, 0) is 6.92 Å². The molecule has 0 radical (unpaired) electrons. The van der Waals surface area contributed by atoms with E-state index in [1.807, 2.05) is 0 Å². The van der Waals surface area contributed by atoms with Gasteiger partial charge in [-0.2, -0.15) is 0 Å². The molecule has 0 aromatic rings. The summed E-state index contributed by atoms with van der Waals surface area (Å²) in [5.74, 6) is -2.18. The van der Waals surface area contributed by atoms with Crippen molar-refractivity contribution in [3.05, 3.63) is 0 Å². The Bertz CT molecular complexity index is 268. The Morgan fingerprint density at radius 3 is 2.36 bits per heavy atom. The highest BCUT2D eigenvalue weighted by Gasteiger charge is 2.59. The van der Waals surface area contributed by atoms with Crippen LogP contribution in [0.4, 0.5) is 0 Å². The molecule has 2 aliphatic rings. The van der Waals surface area contributed by atoms with E-state index in [1.165, 1.54) is 6.92 Å². The molecule has 11 heavy (non-hydrogen) atoms. The Balaban J connectivity index is 2.33. The van der Waals surface area contributed by atoms with Crippen molar-refractivity contribution in [2.24, 2.45) is 5.92 Å². The number of carbonyl (C=O) groups is 3. The van der Waals surface area contributed by atoms with Crippen LogP contribution in [0, 0.1) is 5.92 Å². The molecule has 1 saturated heterocycles. The highest BCUT2D eigenvalue weighted by Crippen LogP contribution is 2.32. The lowest BCUT2D eigenvalue weighted by Gasteiger charge is -2.08. The predicted octanol–water partition coefficient (Wildman–Crippen LogP) is -0.889. The quantitative estimate of drug-likeness (QED) is 0.258. The fourth-order valence-electron chi connectivity index (χ4n) is 1.26. The standard InChI is InChI=1S/C7H6O4/c1-2-3(8)5(10)7-6(11-7)4(2)9/h2,6-7H,1H3/t2?,6-,7+/m1/s1. The Labute approximate surface area is 62.5 Å². The molecule has 58 valence electrons. The number of hydrogen-bond acceptors (Lipinski definition) is 4. The van der Waals surface area contributed by atoms with Crippen LogP contribution in [0.25, 0.3) is 0 Å². The van der Waals surface area contributed by atoms with E-state index in [1.54, 1.807) is 0 Å². The summed E-state index contributed by atoms with van der Waals surface area (Å²) in [6.45, 7) is 1.44. The van der Waals surface area contributed by atoms with Gasteiger partial charge in [0.2, 0.25) is 11.6 Å². The fourth-order valence-corrected chi connectivity index (χ4v) is 1.26. The van der Waals surface area contributed by atoms with E-state index in [0.29, 0.717) is 0 Å².